The van der Waals surface area contributed by atoms with Crippen molar-refractivity contribution in [1.82, 2.24) is 0 Å². The van der Waals surface area contributed by atoms with Crippen molar-refractivity contribution in [3.63, 3.8) is 0 Å². The molecule has 0 amide bonds. The predicted octanol–water partition coefficient (Wildman–Crippen LogP) is 20.6. The van der Waals surface area contributed by atoms with E-state index in [9.17, 15) is 19.0 Å². The van der Waals surface area contributed by atoms with E-state index in [1.54, 1.807) is 0 Å². The molecule has 0 aliphatic heterocycles. The number of carbonyl (C=O) groups excluding carboxylic acids is 2. The summed E-state index contributed by atoms with van der Waals surface area (Å²) in [5.74, 6) is -0.808. The lowest BCUT2D eigenvalue weighted by Crippen LogP contribution is -2.29. The van der Waals surface area contributed by atoms with Crippen molar-refractivity contribution >= 4 is 19.8 Å². The second kappa shape index (κ2) is 60.7. The number of phosphoric ester groups is 1. The van der Waals surface area contributed by atoms with Crippen LogP contribution in [0.15, 0.2) is 24.3 Å². The summed E-state index contributed by atoms with van der Waals surface area (Å²) in [6.45, 7) is 3.80. The highest BCUT2D eigenvalue weighted by atomic mass is 31.2. The Bertz CT molecular complexity index is 1260. The number of hydrogen-bond donors (Lipinski definition) is 2. The number of rotatable bonds is 62. The first kappa shape index (κ1) is 72.5. The van der Waals surface area contributed by atoms with Gasteiger partial charge in [-0.2, -0.15) is 0 Å². The summed E-state index contributed by atoms with van der Waals surface area (Å²) < 4.78 is 33.1. The van der Waals surface area contributed by atoms with Gasteiger partial charge in [-0.3, -0.25) is 18.6 Å². The highest BCUT2D eigenvalue weighted by Crippen LogP contribution is 2.43. The molecule has 0 saturated heterocycles. The van der Waals surface area contributed by atoms with Gasteiger partial charge in [0.05, 0.1) is 13.2 Å². The van der Waals surface area contributed by atoms with Gasteiger partial charge >= 0.3 is 19.8 Å². The molecule has 0 heterocycles. The summed E-state index contributed by atoms with van der Waals surface area (Å²) in [6, 6.07) is 0. The van der Waals surface area contributed by atoms with E-state index in [0.717, 1.165) is 44.9 Å². The molecule has 2 unspecified atom stereocenters. The third-order valence-electron chi connectivity index (χ3n) is 14.6. The molecule has 0 saturated carbocycles. The molecule has 3 N–H and O–H groups in total. The van der Waals surface area contributed by atoms with E-state index in [1.165, 1.54) is 263 Å². The minimum atomic E-state index is -4.39. The minimum Gasteiger partial charge on any atom is -0.462 e. The van der Waals surface area contributed by atoms with Crippen molar-refractivity contribution in [1.29, 1.82) is 0 Å². The third kappa shape index (κ3) is 59.7. The monoisotopic (exact) mass is 1070 g/mol. The molecular weight excluding hydrogens is 942 g/mol. The number of phosphoric acid groups is 1. The summed E-state index contributed by atoms with van der Waals surface area (Å²) in [7, 11) is -4.39. The van der Waals surface area contributed by atoms with Crippen molar-refractivity contribution in [2.75, 3.05) is 26.4 Å². The van der Waals surface area contributed by atoms with Crippen LogP contribution in [0.5, 0.6) is 0 Å². The molecule has 0 spiro atoms. The maximum Gasteiger partial charge on any atom is 0.472 e. The van der Waals surface area contributed by atoms with Gasteiger partial charge in [-0.25, -0.2) is 4.57 Å². The second-order valence-electron chi connectivity index (χ2n) is 22.0. The molecule has 0 aromatic rings. The Hall–Kier alpha value is -1.51. The fourth-order valence-corrected chi connectivity index (χ4v) is 10.6. The van der Waals surface area contributed by atoms with E-state index in [4.69, 9.17) is 24.3 Å². The molecule has 0 aliphatic carbocycles. The smallest absolute Gasteiger partial charge is 0.462 e. The maximum atomic E-state index is 12.7. The Labute approximate surface area is 459 Å². The Kier molecular flexibility index (Phi) is 59.5. The van der Waals surface area contributed by atoms with Crippen LogP contribution in [0, 0.1) is 0 Å². The lowest BCUT2D eigenvalue weighted by Gasteiger charge is -2.19. The number of hydrogen-bond acceptors (Lipinski definition) is 8. The summed E-state index contributed by atoms with van der Waals surface area (Å²) in [6.07, 6.45) is 72.6. The standard InChI is InChI=1S/C64H124NO8P/c1-3-5-7-9-11-13-15-17-19-21-23-25-27-29-30-31-33-34-36-38-40-42-44-46-48-50-52-54-56-63(66)70-60-62(61-72-74(68,69)71-59-58-65)73-64(67)57-55-53-51-49-47-45-43-41-39-37-35-32-28-26-24-22-20-18-16-14-12-10-8-6-4-2/h16,18,22,24,62H,3-15,17,19-21,23,25-61,65H2,1-2H3,(H,68,69)/b18-16-,24-22-. The molecule has 0 fully saturated rings. The van der Waals surface area contributed by atoms with E-state index < -0.39 is 26.5 Å². The molecule has 2 atom stereocenters. The van der Waals surface area contributed by atoms with Crippen LogP contribution in [0.3, 0.4) is 0 Å². The highest BCUT2D eigenvalue weighted by Gasteiger charge is 2.26. The van der Waals surface area contributed by atoms with E-state index in [1.807, 2.05) is 0 Å². The zero-order chi connectivity index (χ0) is 53.8. The van der Waals surface area contributed by atoms with E-state index in [-0.39, 0.29) is 38.6 Å². The molecule has 0 aliphatic rings. The number of ether oxygens (including phenoxy) is 2. The molecule has 10 heteroatoms. The van der Waals surface area contributed by atoms with Gasteiger partial charge in [0.1, 0.15) is 6.61 Å². The lowest BCUT2D eigenvalue weighted by atomic mass is 10.0. The molecule has 0 aromatic carbocycles. The SMILES string of the molecule is CCCCCCC/C=C\C/C=C\CCCCCCCCCCCCCCCC(=O)OC(COC(=O)CCCCCCCCCCCCCCCCCCCCCCCCCCCCCC)COP(=O)(O)OCCN. The van der Waals surface area contributed by atoms with Crippen LogP contribution in [0.2, 0.25) is 0 Å². The Morgan fingerprint density at radius 3 is 1.03 bits per heavy atom. The zero-order valence-corrected chi connectivity index (χ0v) is 50.0. The second-order valence-corrected chi connectivity index (χ2v) is 23.4. The number of unbranched alkanes of at least 4 members (excludes halogenated alkanes) is 45. The topological polar surface area (TPSA) is 134 Å². The molecule has 438 valence electrons. The van der Waals surface area contributed by atoms with E-state index in [0.29, 0.717) is 6.42 Å². The van der Waals surface area contributed by atoms with Gasteiger partial charge in [0.2, 0.25) is 0 Å². The van der Waals surface area contributed by atoms with E-state index in [2.05, 4.69) is 38.2 Å². The normalized spacial score (nSPS) is 13.1. The molecule has 0 radical (unpaired) electrons. The van der Waals surface area contributed by atoms with Crippen LogP contribution < -0.4 is 5.73 Å². The summed E-state index contributed by atoms with van der Waals surface area (Å²) in [5.41, 5.74) is 5.39. The van der Waals surface area contributed by atoms with E-state index >= 15 is 0 Å². The van der Waals surface area contributed by atoms with Crippen LogP contribution in [0.4, 0.5) is 0 Å². The minimum absolute atomic E-state index is 0.0560. The maximum absolute atomic E-state index is 12.7. The van der Waals surface area contributed by atoms with Gasteiger partial charge in [-0.15, -0.1) is 0 Å². The van der Waals surface area contributed by atoms with Crippen LogP contribution in [-0.4, -0.2) is 49.3 Å². The van der Waals surface area contributed by atoms with Crippen LogP contribution in [0.25, 0.3) is 0 Å². The largest absolute Gasteiger partial charge is 0.472 e. The Morgan fingerprint density at radius 2 is 0.703 bits per heavy atom. The van der Waals surface area contributed by atoms with Crippen molar-refractivity contribution in [2.45, 2.75) is 347 Å². The first-order chi connectivity index (χ1) is 36.3. The summed E-state index contributed by atoms with van der Waals surface area (Å²) in [5, 5.41) is 0. The van der Waals surface area contributed by atoms with Gasteiger partial charge in [0.25, 0.3) is 0 Å². The van der Waals surface area contributed by atoms with Crippen LogP contribution in [0.1, 0.15) is 341 Å². The molecule has 0 bridgehead atoms. The fourth-order valence-electron chi connectivity index (χ4n) is 9.79. The predicted molar refractivity (Wildman–Crippen MR) is 317 cm³/mol. The summed E-state index contributed by atoms with van der Waals surface area (Å²) >= 11 is 0. The lowest BCUT2D eigenvalue weighted by molar-refractivity contribution is -0.161. The first-order valence-corrected chi connectivity index (χ1v) is 33.8. The van der Waals surface area contributed by atoms with Gasteiger partial charge in [0.15, 0.2) is 6.10 Å². The van der Waals surface area contributed by atoms with Gasteiger partial charge in [0, 0.05) is 19.4 Å². The number of carbonyl (C=O) groups is 2. The average molecular weight is 1070 g/mol. The Morgan fingerprint density at radius 1 is 0.405 bits per heavy atom. The first-order valence-electron chi connectivity index (χ1n) is 32.3. The van der Waals surface area contributed by atoms with Crippen molar-refractivity contribution in [3.8, 4) is 0 Å². The molecule has 0 rings (SSSR count). The number of nitrogens with two attached hydrogens (primary N) is 1. The zero-order valence-electron chi connectivity index (χ0n) is 49.1. The van der Waals surface area contributed by atoms with Gasteiger partial charge < -0.3 is 20.1 Å². The van der Waals surface area contributed by atoms with Crippen molar-refractivity contribution < 1.29 is 37.6 Å². The fraction of sp³-hybridized carbons (Fsp3) is 0.906. The van der Waals surface area contributed by atoms with Crippen molar-refractivity contribution in [2.24, 2.45) is 5.73 Å². The Balaban J connectivity index is 3.86. The highest BCUT2D eigenvalue weighted by molar-refractivity contribution is 7.47. The summed E-state index contributed by atoms with van der Waals surface area (Å²) in [4.78, 5) is 35.3. The van der Waals surface area contributed by atoms with Crippen LogP contribution >= 0.6 is 7.82 Å². The molecule has 0 aromatic heterocycles. The number of allylic oxidation sites excluding steroid dienone is 4. The van der Waals surface area contributed by atoms with Gasteiger partial charge in [-0.05, 0) is 44.9 Å². The molecule has 74 heavy (non-hydrogen) atoms. The van der Waals surface area contributed by atoms with Crippen molar-refractivity contribution in [3.05, 3.63) is 24.3 Å². The molecule has 9 nitrogen and oxygen atoms in total. The third-order valence-corrected chi connectivity index (χ3v) is 15.6. The van der Waals surface area contributed by atoms with Crippen LogP contribution in [-0.2, 0) is 32.7 Å². The number of esters is 2. The average Bonchev–Trinajstić information content (AvgIpc) is 3.39. The van der Waals surface area contributed by atoms with Gasteiger partial charge in [-0.1, -0.05) is 308 Å². The quantitative estimate of drug-likeness (QED) is 0.0264. The molecular formula is C64H124NO8P.